The molecule has 0 saturated carbocycles. The topological polar surface area (TPSA) is 51.8 Å². The van der Waals surface area contributed by atoms with Crippen LogP contribution in [0.2, 0.25) is 0 Å². The van der Waals surface area contributed by atoms with Crippen molar-refractivity contribution in [2.75, 3.05) is 0 Å². The van der Waals surface area contributed by atoms with E-state index in [0.717, 1.165) is 6.07 Å². The number of nitrogens with zero attached hydrogens (tertiary/aromatic N) is 2. The van der Waals surface area contributed by atoms with Crippen LogP contribution in [0.4, 0.5) is 13.2 Å². The molecule has 2 N–H and O–H groups in total. The molecule has 0 aromatic carbocycles. The molecule has 3 nitrogen and oxygen atoms in total. The fraction of sp³-hybridized carbons (Fsp3) is 0.600. The molecule has 90 valence electrons. The van der Waals surface area contributed by atoms with Gasteiger partial charge in [0.1, 0.15) is 11.5 Å². The van der Waals surface area contributed by atoms with Crippen molar-refractivity contribution in [3.8, 4) is 0 Å². The molecule has 1 atom stereocenters. The van der Waals surface area contributed by atoms with Crippen molar-refractivity contribution in [3.05, 3.63) is 23.3 Å². The predicted octanol–water partition coefficient (Wildman–Crippen LogP) is 2.46. The van der Waals surface area contributed by atoms with Crippen LogP contribution in [-0.4, -0.2) is 9.97 Å². The quantitative estimate of drug-likeness (QED) is 0.853. The smallest absolute Gasteiger partial charge is 0.322 e. The molecule has 1 rings (SSSR count). The Kier molecular flexibility index (Phi) is 3.52. The molecule has 0 radical (unpaired) electrons. The van der Waals surface area contributed by atoms with Crippen LogP contribution < -0.4 is 5.73 Å². The predicted molar refractivity (Wildman–Crippen MR) is 53.5 cm³/mol. The third-order valence-corrected chi connectivity index (χ3v) is 2.21. The molecule has 16 heavy (non-hydrogen) atoms. The lowest BCUT2D eigenvalue weighted by molar-refractivity contribution is -0.141. The van der Waals surface area contributed by atoms with Crippen molar-refractivity contribution in [2.45, 2.75) is 33.0 Å². The van der Waals surface area contributed by atoms with E-state index in [9.17, 15) is 13.2 Å². The Morgan fingerprint density at radius 1 is 1.25 bits per heavy atom. The lowest BCUT2D eigenvalue weighted by Gasteiger charge is -2.16. The number of nitrogens with two attached hydrogens (primary N) is 1. The maximum atomic E-state index is 12.5. The standard InChI is InChI=1S/C10H14F3N3/c1-5(2)9(14)7-4-8(10(11,12)13)16-6(3)15-7/h4-5,9H,14H2,1-3H3. The number of rotatable bonds is 2. The van der Waals surface area contributed by atoms with Crippen LogP contribution in [0.1, 0.15) is 37.1 Å². The van der Waals surface area contributed by atoms with Crippen LogP contribution in [0, 0.1) is 12.8 Å². The molecule has 1 aromatic rings. The number of hydrogen-bond donors (Lipinski definition) is 1. The fourth-order valence-corrected chi connectivity index (χ4v) is 1.25. The van der Waals surface area contributed by atoms with Gasteiger partial charge in [-0.05, 0) is 18.9 Å². The van der Waals surface area contributed by atoms with Crippen LogP contribution in [-0.2, 0) is 6.18 Å². The zero-order valence-electron chi connectivity index (χ0n) is 9.34. The van der Waals surface area contributed by atoms with E-state index in [1.54, 1.807) is 0 Å². The molecule has 0 bridgehead atoms. The molecule has 0 saturated heterocycles. The van der Waals surface area contributed by atoms with Gasteiger partial charge in [0.25, 0.3) is 0 Å². The Hall–Kier alpha value is -1.17. The van der Waals surface area contributed by atoms with E-state index in [1.807, 2.05) is 13.8 Å². The van der Waals surface area contributed by atoms with Crippen molar-refractivity contribution in [1.82, 2.24) is 9.97 Å². The zero-order valence-corrected chi connectivity index (χ0v) is 9.34. The summed E-state index contributed by atoms with van der Waals surface area (Å²) in [7, 11) is 0. The second-order valence-corrected chi connectivity index (χ2v) is 3.99. The number of aromatic nitrogens is 2. The van der Waals surface area contributed by atoms with Crippen LogP contribution in [0.3, 0.4) is 0 Å². The minimum atomic E-state index is -4.46. The van der Waals surface area contributed by atoms with E-state index in [2.05, 4.69) is 9.97 Å². The third kappa shape index (κ3) is 2.91. The van der Waals surface area contributed by atoms with Gasteiger partial charge in [-0.3, -0.25) is 0 Å². The van der Waals surface area contributed by atoms with Gasteiger partial charge in [-0.2, -0.15) is 13.2 Å². The van der Waals surface area contributed by atoms with Crippen molar-refractivity contribution >= 4 is 0 Å². The van der Waals surface area contributed by atoms with E-state index in [0.29, 0.717) is 0 Å². The molecule has 1 aromatic heterocycles. The van der Waals surface area contributed by atoms with Gasteiger partial charge < -0.3 is 5.73 Å². The Labute approximate surface area is 91.9 Å². The molecule has 0 spiro atoms. The van der Waals surface area contributed by atoms with E-state index in [4.69, 9.17) is 5.73 Å². The normalized spacial score (nSPS) is 14.2. The summed E-state index contributed by atoms with van der Waals surface area (Å²) < 4.78 is 37.4. The Morgan fingerprint density at radius 3 is 2.25 bits per heavy atom. The summed E-state index contributed by atoms with van der Waals surface area (Å²) in [5.74, 6) is 0.108. The average molecular weight is 233 g/mol. The molecule has 0 aliphatic carbocycles. The van der Waals surface area contributed by atoms with Gasteiger partial charge in [-0.15, -0.1) is 0 Å². The number of halogens is 3. The maximum Gasteiger partial charge on any atom is 0.433 e. The summed E-state index contributed by atoms with van der Waals surface area (Å²) in [5, 5.41) is 0. The molecular weight excluding hydrogens is 219 g/mol. The highest BCUT2D eigenvalue weighted by atomic mass is 19.4. The maximum absolute atomic E-state index is 12.5. The monoisotopic (exact) mass is 233 g/mol. The van der Waals surface area contributed by atoms with Crippen LogP contribution >= 0.6 is 0 Å². The molecule has 6 heteroatoms. The van der Waals surface area contributed by atoms with Gasteiger partial charge in [0.05, 0.1) is 5.69 Å². The first kappa shape index (κ1) is 12.9. The first-order valence-electron chi connectivity index (χ1n) is 4.90. The van der Waals surface area contributed by atoms with Gasteiger partial charge in [0, 0.05) is 6.04 Å². The van der Waals surface area contributed by atoms with Crippen molar-refractivity contribution < 1.29 is 13.2 Å². The Morgan fingerprint density at radius 2 is 1.81 bits per heavy atom. The summed E-state index contributed by atoms with van der Waals surface area (Å²) in [6.45, 7) is 5.08. The minimum absolute atomic E-state index is 0.0235. The first-order valence-corrected chi connectivity index (χ1v) is 4.90. The molecule has 0 aliphatic heterocycles. The molecule has 0 amide bonds. The largest absolute Gasteiger partial charge is 0.433 e. The Balaban J connectivity index is 3.18. The second kappa shape index (κ2) is 4.37. The number of hydrogen-bond acceptors (Lipinski definition) is 3. The average Bonchev–Trinajstić information content (AvgIpc) is 2.14. The summed E-state index contributed by atoms with van der Waals surface area (Å²) in [6, 6.07) is 0.403. The summed E-state index contributed by atoms with van der Waals surface area (Å²) in [4.78, 5) is 7.29. The number of aryl methyl sites for hydroxylation is 1. The van der Waals surface area contributed by atoms with Crippen molar-refractivity contribution in [2.24, 2.45) is 11.7 Å². The van der Waals surface area contributed by atoms with Gasteiger partial charge in [0.2, 0.25) is 0 Å². The minimum Gasteiger partial charge on any atom is -0.322 e. The van der Waals surface area contributed by atoms with E-state index in [1.165, 1.54) is 6.92 Å². The van der Waals surface area contributed by atoms with Crippen molar-refractivity contribution in [3.63, 3.8) is 0 Å². The fourth-order valence-electron chi connectivity index (χ4n) is 1.25. The lowest BCUT2D eigenvalue weighted by Crippen LogP contribution is -2.21. The highest BCUT2D eigenvalue weighted by Gasteiger charge is 2.33. The van der Waals surface area contributed by atoms with Crippen LogP contribution in [0.25, 0.3) is 0 Å². The van der Waals surface area contributed by atoms with E-state index in [-0.39, 0.29) is 17.4 Å². The van der Waals surface area contributed by atoms with E-state index < -0.39 is 17.9 Å². The highest BCUT2D eigenvalue weighted by molar-refractivity contribution is 5.16. The second-order valence-electron chi connectivity index (χ2n) is 3.99. The van der Waals surface area contributed by atoms with Crippen LogP contribution in [0.5, 0.6) is 0 Å². The molecule has 1 unspecified atom stereocenters. The Bertz CT molecular complexity index is 374. The first-order chi connectivity index (χ1) is 7.21. The summed E-state index contributed by atoms with van der Waals surface area (Å²) in [6.07, 6.45) is -4.46. The lowest BCUT2D eigenvalue weighted by atomic mass is 10.0. The molecule has 0 fully saturated rings. The van der Waals surface area contributed by atoms with Crippen molar-refractivity contribution in [1.29, 1.82) is 0 Å². The van der Waals surface area contributed by atoms with Gasteiger partial charge in [-0.1, -0.05) is 13.8 Å². The highest BCUT2D eigenvalue weighted by Crippen LogP contribution is 2.29. The molecular formula is C10H14F3N3. The zero-order chi connectivity index (χ0) is 12.5. The molecule has 0 aliphatic rings. The van der Waals surface area contributed by atoms with Gasteiger partial charge in [0.15, 0.2) is 0 Å². The SMILES string of the molecule is Cc1nc(C(N)C(C)C)cc(C(F)(F)F)n1. The summed E-state index contributed by atoms with van der Waals surface area (Å²) in [5.41, 5.74) is 5.05. The van der Waals surface area contributed by atoms with E-state index >= 15 is 0 Å². The number of alkyl halides is 3. The third-order valence-electron chi connectivity index (χ3n) is 2.21. The van der Waals surface area contributed by atoms with Gasteiger partial charge in [-0.25, -0.2) is 9.97 Å². The summed E-state index contributed by atoms with van der Waals surface area (Å²) >= 11 is 0. The molecule has 1 heterocycles. The van der Waals surface area contributed by atoms with Gasteiger partial charge >= 0.3 is 6.18 Å². The van der Waals surface area contributed by atoms with Crippen LogP contribution in [0.15, 0.2) is 6.07 Å².